The average Bonchev–Trinajstić information content (AvgIpc) is 2.74. The zero-order valence-corrected chi connectivity index (χ0v) is 8.60. The Morgan fingerprint density at radius 3 is 3.31 bits per heavy atom. The molecule has 1 fully saturated rings. The first-order valence-electron chi connectivity index (χ1n) is 4.72. The van der Waals surface area contributed by atoms with Gasteiger partial charge in [-0.15, -0.1) is 11.3 Å². The van der Waals surface area contributed by atoms with Gasteiger partial charge in [-0.25, -0.2) is 4.98 Å². The van der Waals surface area contributed by atoms with Crippen LogP contribution in [0, 0.1) is 0 Å². The van der Waals surface area contributed by atoms with Gasteiger partial charge in [-0.2, -0.15) is 0 Å². The summed E-state index contributed by atoms with van der Waals surface area (Å²) < 4.78 is 0. The number of nitrogens with zero attached hydrogens (tertiary/aromatic N) is 1. The van der Waals surface area contributed by atoms with Crippen LogP contribution in [-0.4, -0.2) is 24.1 Å². The van der Waals surface area contributed by atoms with E-state index >= 15 is 0 Å². The van der Waals surface area contributed by atoms with Gasteiger partial charge in [0.1, 0.15) is 5.01 Å². The largest absolute Gasteiger partial charge is 0.315 e. The van der Waals surface area contributed by atoms with Crippen LogP contribution in [0.15, 0.2) is 11.6 Å². The summed E-state index contributed by atoms with van der Waals surface area (Å²) in [5, 5.41) is 10.1. The normalized spacial score (nSPS) is 24.8. The van der Waals surface area contributed by atoms with Gasteiger partial charge < -0.3 is 10.6 Å². The Labute approximate surface area is 82.6 Å². The molecular formula is C9H15N3S. The molecule has 1 aliphatic heterocycles. The molecular weight excluding hydrogens is 182 g/mol. The van der Waals surface area contributed by atoms with E-state index in [0.29, 0.717) is 12.1 Å². The predicted octanol–water partition coefficient (Wildman–Crippen LogP) is 1.16. The van der Waals surface area contributed by atoms with Crippen LogP contribution in [0.2, 0.25) is 0 Å². The van der Waals surface area contributed by atoms with Crippen LogP contribution in [0.3, 0.4) is 0 Å². The summed E-state index contributed by atoms with van der Waals surface area (Å²) in [6.45, 7) is 4.41. The second kappa shape index (κ2) is 4.17. The first-order chi connectivity index (χ1) is 6.36. The van der Waals surface area contributed by atoms with Gasteiger partial charge in [0, 0.05) is 24.2 Å². The standard InChI is InChI=1S/C9H15N3S/c1-7(9-11-4-5-13-9)12-8-2-3-10-6-8/h4-5,7-8,10,12H,2-3,6H2,1H3/t7-,8?/m0/s1. The molecule has 1 aromatic rings. The molecule has 2 heterocycles. The van der Waals surface area contributed by atoms with Crippen LogP contribution in [0.1, 0.15) is 24.4 Å². The molecule has 4 heteroatoms. The van der Waals surface area contributed by atoms with Crippen LogP contribution in [0.5, 0.6) is 0 Å². The molecule has 1 unspecified atom stereocenters. The number of thiazole rings is 1. The lowest BCUT2D eigenvalue weighted by molar-refractivity contribution is 0.477. The Kier molecular flexibility index (Phi) is 2.93. The third kappa shape index (κ3) is 2.27. The molecule has 2 rings (SSSR count). The first-order valence-corrected chi connectivity index (χ1v) is 5.60. The third-order valence-corrected chi connectivity index (χ3v) is 3.33. The Balaban J connectivity index is 1.87. The molecule has 1 saturated heterocycles. The molecule has 3 nitrogen and oxygen atoms in total. The summed E-state index contributed by atoms with van der Waals surface area (Å²) >= 11 is 1.72. The van der Waals surface area contributed by atoms with E-state index in [4.69, 9.17) is 0 Å². The lowest BCUT2D eigenvalue weighted by Crippen LogP contribution is -2.33. The van der Waals surface area contributed by atoms with Crippen LogP contribution in [0.25, 0.3) is 0 Å². The zero-order chi connectivity index (χ0) is 9.10. The van der Waals surface area contributed by atoms with Crippen LogP contribution >= 0.6 is 11.3 Å². The molecule has 0 bridgehead atoms. The van der Waals surface area contributed by atoms with Crippen molar-refractivity contribution in [3.63, 3.8) is 0 Å². The van der Waals surface area contributed by atoms with Gasteiger partial charge in [0.2, 0.25) is 0 Å². The summed E-state index contributed by atoms with van der Waals surface area (Å²) in [5.41, 5.74) is 0. The molecule has 13 heavy (non-hydrogen) atoms. The SMILES string of the molecule is C[C@H](NC1CCNC1)c1nccs1. The van der Waals surface area contributed by atoms with Crippen LogP contribution < -0.4 is 10.6 Å². The minimum Gasteiger partial charge on any atom is -0.315 e. The van der Waals surface area contributed by atoms with Crippen molar-refractivity contribution in [3.8, 4) is 0 Å². The van der Waals surface area contributed by atoms with E-state index < -0.39 is 0 Å². The second-order valence-corrected chi connectivity index (χ2v) is 4.37. The van der Waals surface area contributed by atoms with Crippen molar-refractivity contribution in [1.29, 1.82) is 0 Å². The quantitative estimate of drug-likeness (QED) is 0.763. The molecule has 0 radical (unpaired) electrons. The van der Waals surface area contributed by atoms with Crippen molar-refractivity contribution in [2.75, 3.05) is 13.1 Å². The molecule has 1 aliphatic rings. The minimum absolute atomic E-state index is 0.393. The molecule has 2 N–H and O–H groups in total. The predicted molar refractivity (Wildman–Crippen MR) is 54.9 cm³/mol. The number of rotatable bonds is 3. The highest BCUT2D eigenvalue weighted by Gasteiger charge is 2.17. The zero-order valence-electron chi connectivity index (χ0n) is 7.79. The fraction of sp³-hybridized carbons (Fsp3) is 0.667. The molecule has 0 aliphatic carbocycles. The molecule has 72 valence electrons. The van der Waals surface area contributed by atoms with Gasteiger partial charge in [0.25, 0.3) is 0 Å². The summed E-state index contributed by atoms with van der Waals surface area (Å²) in [4.78, 5) is 4.29. The van der Waals surface area contributed by atoms with E-state index in [0.717, 1.165) is 13.1 Å². The highest BCUT2D eigenvalue weighted by atomic mass is 32.1. The van der Waals surface area contributed by atoms with Crippen molar-refractivity contribution >= 4 is 11.3 Å². The summed E-state index contributed by atoms with van der Waals surface area (Å²) in [6, 6.07) is 1.02. The van der Waals surface area contributed by atoms with Gasteiger partial charge in [-0.05, 0) is 19.9 Å². The minimum atomic E-state index is 0.393. The van der Waals surface area contributed by atoms with Gasteiger partial charge in [-0.3, -0.25) is 0 Å². The number of hydrogen-bond acceptors (Lipinski definition) is 4. The monoisotopic (exact) mass is 197 g/mol. The molecule has 0 amide bonds. The number of aromatic nitrogens is 1. The highest BCUT2D eigenvalue weighted by molar-refractivity contribution is 7.09. The summed E-state index contributed by atoms with van der Waals surface area (Å²) in [5.74, 6) is 0. The van der Waals surface area contributed by atoms with E-state index in [1.54, 1.807) is 11.3 Å². The van der Waals surface area contributed by atoms with E-state index in [1.165, 1.54) is 11.4 Å². The molecule has 2 atom stereocenters. The second-order valence-electron chi connectivity index (χ2n) is 3.45. The summed E-state index contributed by atoms with van der Waals surface area (Å²) in [6.07, 6.45) is 3.10. The van der Waals surface area contributed by atoms with E-state index in [9.17, 15) is 0 Å². The lowest BCUT2D eigenvalue weighted by Gasteiger charge is -2.16. The van der Waals surface area contributed by atoms with Crippen molar-refractivity contribution in [3.05, 3.63) is 16.6 Å². The van der Waals surface area contributed by atoms with E-state index in [-0.39, 0.29) is 0 Å². The Morgan fingerprint density at radius 1 is 1.77 bits per heavy atom. The van der Waals surface area contributed by atoms with Crippen molar-refractivity contribution in [1.82, 2.24) is 15.6 Å². The van der Waals surface area contributed by atoms with E-state index in [1.807, 2.05) is 11.6 Å². The van der Waals surface area contributed by atoms with Gasteiger partial charge in [0.15, 0.2) is 0 Å². The smallest absolute Gasteiger partial charge is 0.109 e. The van der Waals surface area contributed by atoms with Crippen LogP contribution in [-0.2, 0) is 0 Å². The van der Waals surface area contributed by atoms with E-state index in [2.05, 4.69) is 22.5 Å². The van der Waals surface area contributed by atoms with Gasteiger partial charge in [-0.1, -0.05) is 0 Å². The molecule has 0 saturated carbocycles. The van der Waals surface area contributed by atoms with Gasteiger partial charge in [0.05, 0.1) is 6.04 Å². The maximum absolute atomic E-state index is 4.29. The van der Waals surface area contributed by atoms with Crippen molar-refractivity contribution in [2.24, 2.45) is 0 Å². The Bertz CT molecular complexity index is 241. The number of hydrogen-bond donors (Lipinski definition) is 2. The van der Waals surface area contributed by atoms with Crippen LogP contribution in [0.4, 0.5) is 0 Å². The number of nitrogens with one attached hydrogen (secondary N) is 2. The maximum Gasteiger partial charge on any atom is 0.109 e. The van der Waals surface area contributed by atoms with Gasteiger partial charge >= 0.3 is 0 Å². The maximum atomic E-state index is 4.29. The molecule has 1 aromatic heterocycles. The van der Waals surface area contributed by atoms with Crippen molar-refractivity contribution < 1.29 is 0 Å². The topological polar surface area (TPSA) is 37.0 Å². The third-order valence-electron chi connectivity index (χ3n) is 2.37. The lowest BCUT2D eigenvalue weighted by atomic mass is 10.2. The fourth-order valence-corrected chi connectivity index (χ4v) is 2.33. The average molecular weight is 197 g/mol. The Morgan fingerprint density at radius 2 is 2.69 bits per heavy atom. The fourth-order valence-electron chi connectivity index (χ4n) is 1.67. The molecule has 0 spiro atoms. The molecule has 0 aromatic carbocycles. The highest BCUT2D eigenvalue weighted by Crippen LogP contribution is 2.16. The Hall–Kier alpha value is -0.450. The summed E-state index contributed by atoms with van der Waals surface area (Å²) in [7, 11) is 0. The first kappa shape index (κ1) is 9.12. The van der Waals surface area contributed by atoms with Crippen molar-refractivity contribution in [2.45, 2.75) is 25.4 Å².